The van der Waals surface area contributed by atoms with Crippen molar-refractivity contribution >= 4 is 53.0 Å². The maximum absolute atomic E-state index is 12.6. The Hall–Kier alpha value is -0.540. The summed E-state index contributed by atoms with van der Waals surface area (Å²) in [4.78, 5) is 3.30. The summed E-state index contributed by atoms with van der Waals surface area (Å²) in [7, 11) is 0. The summed E-state index contributed by atoms with van der Waals surface area (Å²) < 4.78 is 12.6. The molecule has 0 saturated heterocycles. The zero-order chi connectivity index (χ0) is 9.68. The van der Waals surface area contributed by atoms with E-state index in [9.17, 15) is 4.39 Å². The average Bonchev–Trinajstić information content (AvgIpc) is 2.04. The Morgan fingerprint density at radius 2 is 2.29 bits per heavy atom. The van der Waals surface area contributed by atoms with E-state index in [1.807, 2.05) is 0 Å². The van der Waals surface area contributed by atoms with Crippen LogP contribution in [0.1, 0.15) is 0 Å². The molecule has 0 saturated carbocycles. The fraction of sp³-hybridized carbons (Fsp3) is 0. The quantitative estimate of drug-likeness (QED) is 0.246. The molecule has 0 spiro atoms. The molecule has 1 aromatic carbocycles. The molecular formula is C8H7FN3NaS. The zero-order valence-electron chi connectivity index (χ0n) is 6.53. The second-order valence-electron chi connectivity index (χ2n) is 2.17. The van der Waals surface area contributed by atoms with Crippen molar-refractivity contribution in [1.29, 1.82) is 5.26 Å². The van der Waals surface area contributed by atoms with E-state index in [1.165, 1.54) is 12.1 Å². The van der Waals surface area contributed by atoms with Crippen molar-refractivity contribution in [3.8, 4) is 6.19 Å². The molecule has 1 N–H and O–H groups in total. The summed E-state index contributed by atoms with van der Waals surface area (Å²) in [6.45, 7) is 0. The van der Waals surface area contributed by atoms with Gasteiger partial charge >= 0.3 is 29.6 Å². The number of amidine groups is 1. The molecule has 0 fully saturated rings. The zero-order valence-corrected chi connectivity index (χ0v) is 7.42. The molecule has 3 nitrogen and oxygen atoms in total. The summed E-state index contributed by atoms with van der Waals surface area (Å²) in [6, 6.07) is 5.80. The van der Waals surface area contributed by atoms with E-state index in [-0.39, 0.29) is 40.5 Å². The van der Waals surface area contributed by atoms with Crippen LogP contribution in [0, 0.1) is 17.3 Å². The summed E-state index contributed by atoms with van der Waals surface area (Å²) in [5, 5.41) is 10.9. The first kappa shape index (κ1) is 13.5. The molecule has 0 amide bonds. The number of anilines is 1. The van der Waals surface area contributed by atoms with Gasteiger partial charge in [-0.15, -0.1) is 17.6 Å². The van der Waals surface area contributed by atoms with Gasteiger partial charge in [0.2, 0.25) is 6.19 Å². The molecule has 68 valence electrons. The Morgan fingerprint density at radius 1 is 1.57 bits per heavy atom. The topological polar surface area (TPSA) is 48.2 Å². The monoisotopic (exact) mass is 219 g/mol. The van der Waals surface area contributed by atoms with Crippen molar-refractivity contribution in [2.45, 2.75) is 0 Å². The Labute approximate surface area is 109 Å². The van der Waals surface area contributed by atoms with Crippen LogP contribution < -0.4 is 5.32 Å². The molecule has 0 aliphatic carbocycles. The first-order valence-electron chi connectivity index (χ1n) is 3.40. The number of halogens is 1. The second kappa shape index (κ2) is 6.85. The van der Waals surface area contributed by atoms with Crippen molar-refractivity contribution < 1.29 is 4.39 Å². The van der Waals surface area contributed by atoms with Crippen LogP contribution in [-0.2, 0) is 0 Å². The molecule has 0 bridgehead atoms. The molecule has 0 radical (unpaired) electrons. The summed E-state index contributed by atoms with van der Waals surface area (Å²) in [6.07, 6.45) is 1.56. The first-order valence-corrected chi connectivity index (χ1v) is 3.85. The minimum absolute atomic E-state index is 0. The van der Waals surface area contributed by atoms with Crippen LogP contribution in [0.25, 0.3) is 0 Å². The first-order chi connectivity index (χ1) is 6.22. The van der Waals surface area contributed by atoms with E-state index >= 15 is 0 Å². The van der Waals surface area contributed by atoms with Crippen LogP contribution in [0.2, 0.25) is 0 Å². The van der Waals surface area contributed by atoms with E-state index in [0.29, 0.717) is 5.69 Å². The number of benzene rings is 1. The number of hydrogen-bond acceptors (Lipinski definition) is 2. The van der Waals surface area contributed by atoms with Crippen LogP contribution in [0.3, 0.4) is 0 Å². The third-order valence-electron chi connectivity index (χ3n) is 1.24. The second-order valence-corrected chi connectivity index (χ2v) is 2.59. The van der Waals surface area contributed by atoms with Gasteiger partial charge in [0.05, 0.1) is 0 Å². The molecular weight excluding hydrogens is 212 g/mol. The van der Waals surface area contributed by atoms with Gasteiger partial charge in [-0.3, -0.25) is 0 Å². The molecule has 0 aliphatic heterocycles. The molecule has 0 unspecified atom stereocenters. The van der Waals surface area contributed by atoms with Gasteiger partial charge in [0.25, 0.3) is 0 Å². The molecule has 0 heterocycles. The fourth-order valence-electron chi connectivity index (χ4n) is 0.771. The number of aliphatic imine (C=N–C) groups is 1. The van der Waals surface area contributed by atoms with Gasteiger partial charge in [0, 0.05) is 5.69 Å². The summed E-state index contributed by atoms with van der Waals surface area (Å²) >= 11 is 3.85. The van der Waals surface area contributed by atoms with Crippen LogP contribution in [0.15, 0.2) is 29.3 Å². The standard InChI is InChI=1S/C8H6FN3S.Na.H/c9-6-2-1-3-7(4-6)12-8(13)11-5-10;;/h1-4H,(H2,11,12,13);;. The van der Waals surface area contributed by atoms with Crippen molar-refractivity contribution in [2.75, 3.05) is 5.32 Å². The van der Waals surface area contributed by atoms with Crippen molar-refractivity contribution in [3.05, 3.63) is 30.1 Å². The van der Waals surface area contributed by atoms with Gasteiger partial charge in [-0.2, -0.15) is 5.26 Å². The number of hydrogen-bond donors (Lipinski definition) is 2. The predicted octanol–water partition coefficient (Wildman–Crippen LogP) is 1.36. The van der Waals surface area contributed by atoms with Crippen LogP contribution in [-0.4, -0.2) is 34.7 Å². The molecule has 1 rings (SSSR count). The number of nitrogens with zero attached hydrogens (tertiary/aromatic N) is 2. The molecule has 0 aromatic heterocycles. The molecule has 6 heteroatoms. The van der Waals surface area contributed by atoms with Crippen molar-refractivity contribution in [2.24, 2.45) is 4.99 Å². The van der Waals surface area contributed by atoms with Gasteiger partial charge in [-0.1, -0.05) is 6.07 Å². The molecule has 0 aliphatic rings. The Morgan fingerprint density at radius 3 is 2.86 bits per heavy atom. The van der Waals surface area contributed by atoms with E-state index in [4.69, 9.17) is 5.26 Å². The maximum atomic E-state index is 12.6. The minimum atomic E-state index is -0.358. The van der Waals surface area contributed by atoms with Gasteiger partial charge in [0.15, 0.2) is 5.17 Å². The number of rotatable bonds is 1. The normalized spacial score (nSPS) is 9.93. The van der Waals surface area contributed by atoms with Crippen LogP contribution in [0.5, 0.6) is 0 Å². The van der Waals surface area contributed by atoms with E-state index in [1.54, 1.807) is 18.3 Å². The van der Waals surface area contributed by atoms with Crippen LogP contribution in [0.4, 0.5) is 10.1 Å². The molecule has 0 atom stereocenters. The van der Waals surface area contributed by atoms with Crippen molar-refractivity contribution in [3.63, 3.8) is 0 Å². The van der Waals surface area contributed by atoms with Gasteiger partial charge < -0.3 is 5.32 Å². The van der Waals surface area contributed by atoms with E-state index in [2.05, 4.69) is 22.9 Å². The molecule has 14 heavy (non-hydrogen) atoms. The average molecular weight is 219 g/mol. The fourth-order valence-corrected chi connectivity index (χ4v) is 0.944. The number of nitriles is 1. The SMILES string of the molecule is N#CN=C(S)Nc1cccc(F)c1.[NaH]. The van der Waals surface area contributed by atoms with E-state index in [0.717, 1.165) is 0 Å². The Bertz CT molecular complexity index is 375. The Kier molecular flexibility index (Phi) is 6.58. The number of nitrogens with one attached hydrogen (secondary N) is 1. The van der Waals surface area contributed by atoms with Gasteiger partial charge in [-0.25, -0.2) is 4.39 Å². The Balaban J connectivity index is 0.00000169. The summed E-state index contributed by atoms with van der Waals surface area (Å²) in [5.41, 5.74) is 0.504. The van der Waals surface area contributed by atoms with Crippen molar-refractivity contribution in [1.82, 2.24) is 0 Å². The van der Waals surface area contributed by atoms with Crippen LogP contribution >= 0.6 is 12.6 Å². The molecule has 1 aromatic rings. The third kappa shape index (κ3) is 4.63. The van der Waals surface area contributed by atoms with Gasteiger partial charge in [-0.05, 0) is 18.2 Å². The predicted molar refractivity (Wildman–Crippen MR) is 59.2 cm³/mol. The van der Waals surface area contributed by atoms with E-state index < -0.39 is 0 Å². The summed E-state index contributed by atoms with van der Waals surface area (Å²) in [5.74, 6) is -0.358. The third-order valence-corrected chi connectivity index (χ3v) is 1.45. The van der Waals surface area contributed by atoms with Gasteiger partial charge in [0.1, 0.15) is 5.82 Å². The number of thiol groups is 1.